The molecule has 0 aliphatic heterocycles. The summed E-state index contributed by atoms with van der Waals surface area (Å²) in [5.74, 6) is 0.700. The van der Waals surface area contributed by atoms with Gasteiger partial charge in [-0.3, -0.25) is 0 Å². The van der Waals surface area contributed by atoms with Crippen LogP contribution in [0.3, 0.4) is 0 Å². The summed E-state index contributed by atoms with van der Waals surface area (Å²) in [6, 6.07) is 4.16. The largest absolute Gasteiger partial charge is 0.233 e. The summed E-state index contributed by atoms with van der Waals surface area (Å²) in [5, 5.41) is 0.542. The minimum Gasteiger partial charge on any atom is -0.233 e. The number of rotatable bonds is 2. The second kappa shape index (κ2) is 5.59. The highest BCUT2D eigenvalue weighted by Gasteiger charge is 2.11. The number of hydrogen-bond donors (Lipinski definition) is 0. The molecule has 0 unspecified atom stereocenters. The predicted octanol–water partition coefficient (Wildman–Crippen LogP) is 5.05. The lowest BCUT2D eigenvalue weighted by Crippen LogP contribution is -2.00. The molecule has 1 aromatic carbocycles. The van der Waals surface area contributed by atoms with E-state index in [2.05, 4.69) is 58.8 Å². The second-order valence-corrected chi connectivity index (χ2v) is 5.84. The minimum absolute atomic E-state index is 0.542. The zero-order chi connectivity index (χ0) is 14.2. The van der Waals surface area contributed by atoms with Crippen molar-refractivity contribution in [3.8, 4) is 11.4 Å². The number of aryl methyl sites for hydroxylation is 3. The molecule has 2 nitrogen and oxygen atoms in total. The molecular formula is C15H16BrClN2. The van der Waals surface area contributed by atoms with Gasteiger partial charge in [-0.05, 0) is 50.5 Å². The molecule has 2 aromatic rings. The SMILES string of the molecule is CCc1nc(-c2cc(C)c(Br)c(C)c2)nc(Cl)c1C. The van der Waals surface area contributed by atoms with Gasteiger partial charge in [0.15, 0.2) is 5.82 Å². The zero-order valence-electron chi connectivity index (χ0n) is 11.5. The third-order valence-corrected chi connectivity index (χ3v) is 4.84. The van der Waals surface area contributed by atoms with Crippen molar-refractivity contribution in [1.82, 2.24) is 9.97 Å². The van der Waals surface area contributed by atoms with E-state index in [9.17, 15) is 0 Å². The van der Waals surface area contributed by atoms with E-state index in [1.807, 2.05) is 6.92 Å². The van der Waals surface area contributed by atoms with E-state index in [0.29, 0.717) is 11.0 Å². The topological polar surface area (TPSA) is 25.8 Å². The van der Waals surface area contributed by atoms with Gasteiger partial charge in [0, 0.05) is 21.3 Å². The molecule has 0 atom stereocenters. The van der Waals surface area contributed by atoms with Gasteiger partial charge in [-0.25, -0.2) is 9.97 Å². The highest BCUT2D eigenvalue weighted by molar-refractivity contribution is 9.10. The van der Waals surface area contributed by atoms with Crippen LogP contribution in [0, 0.1) is 20.8 Å². The van der Waals surface area contributed by atoms with Gasteiger partial charge in [-0.15, -0.1) is 0 Å². The number of benzene rings is 1. The minimum atomic E-state index is 0.542. The number of halogens is 2. The maximum Gasteiger partial charge on any atom is 0.161 e. The van der Waals surface area contributed by atoms with Crippen LogP contribution in [0.25, 0.3) is 11.4 Å². The summed E-state index contributed by atoms with van der Waals surface area (Å²) >= 11 is 9.77. The van der Waals surface area contributed by atoms with Gasteiger partial charge in [0.05, 0.1) is 0 Å². The van der Waals surface area contributed by atoms with Gasteiger partial charge >= 0.3 is 0 Å². The average Bonchev–Trinajstić information content (AvgIpc) is 2.38. The Bertz CT molecular complexity index is 615. The van der Waals surface area contributed by atoms with E-state index in [-0.39, 0.29) is 0 Å². The predicted molar refractivity (Wildman–Crippen MR) is 83.8 cm³/mol. The Hall–Kier alpha value is -0.930. The van der Waals surface area contributed by atoms with Crippen molar-refractivity contribution in [2.75, 3.05) is 0 Å². The number of nitrogens with zero attached hydrogens (tertiary/aromatic N) is 2. The van der Waals surface area contributed by atoms with E-state index < -0.39 is 0 Å². The van der Waals surface area contributed by atoms with E-state index in [1.165, 1.54) is 11.1 Å². The van der Waals surface area contributed by atoms with E-state index in [1.54, 1.807) is 0 Å². The lowest BCUT2D eigenvalue weighted by atomic mass is 10.1. The fourth-order valence-electron chi connectivity index (χ4n) is 2.08. The summed E-state index contributed by atoms with van der Waals surface area (Å²) in [4.78, 5) is 9.03. The summed E-state index contributed by atoms with van der Waals surface area (Å²) in [5.41, 5.74) is 5.34. The van der Waals surface area contributed by atoms with Gasteiger partial charge < -0.3 is 0 Å². The Morgan fingerprint density at radius 3 is 2.21 bits per heavy atom. The van der Waals surface area contributed by atoms with Crippen LogP contribution in [0.5, 0.6) is 0 Å². The van der Waals surface area contributed by atoms with E-state index >= 15 is 0 Å². The maximum absolute atomic E-state index is 6.20. The molecule has 0 saturated carbocycles. The van der Waals surface area contributed by atoms with Crippen LogP contribution < -0.4 is 0 Å². The molecule has 100 valence electrons. The highest BCUT2D eigenvalue weighted by Crippen LogP contribution is 2.28. The van der Waals surface area contributed by atoms with Gasteiger partial charge in [0.2, 0.25) is 0 Å². The Labute approximate surface area is 127 Å². The van der Waals surface area contributed by atoms with E-state index in [0.717, 1.165) is 27.7 Å². The quantitative estimate of drug-likeness (QED) is 0.716. The molecule has 0 N–H and O–H groups in total. The molecule has 0 amide bonds. The molecule has 0 saturated heterocycles. The Morgan fingerprint density at radius 1 is 1.11 bits per heavy atom. The zero-order valence-corrected chi connectivity index (χ0v) is 13.9. The Morgan fingerprint density at radius 2 is 1.68 bits per heavy atom. The molecule has 0 aliphatic rings. The molecule has 0 spiro atoms. The van der Waals surface area contributed by atoms with Crippen LogP contribution in [-0.2, 0) is 6.42 Å². The average molecular weight is 340 g/mol. The summed E-state index contributed by atoms with van der Waals surface area (Å²) in [7, 11) is 0. The number of aromatic nitrogens is 2. The summed E-state index contributed by atoms with van der Waals surface area (Å²) in [6.07, 6.45) is 0.857. The van der Waals surface area contributed by atoms with Crippen LogP contribution in [0.15, 0.2) is 16.6 Å². The van der Waals surface area contributed by atoms with Crippen molar-refractivity contribution in [3.63, 3.8) is 0 Å². The first-order valence-corrected chi connectivity index (χ1v) is 7.41. The van der Waals surface area contributed by atoms with Gasteiger partial charge in [-0.1, -0.05) is 34.5 Å². The molecular weight excluding hydrogens is 324 g/mol. The van der Waals surface area contributed by atoms with Crippen LogP contribution in [0.2, 0.25) is 5.15 Å². The molecule has 0 radical (unpaired) electrons. The molecule has 0 aliphatic carbocycles. The van der Waals surface area contributed by atoms with Gasteiger partial charge in [0.25, 0.3) is 0 Å². The first kappa shape index (κ1) is 14.5. The maximum atomic E-state index is 6.20. The molecule has 0 fully saturated rings. The van der Waals surface area contributed by atoms with Crippen molar-refractivity contribution < 1.29 is 0 Å². The summed E-state index contributed by atoms with van der Waals surface area (Å²) < 4.78 is 1.13. The van der Waals surface area contributed by atoms with Crippen molar-refractivity contribution in [2.24, 2.45) is 0 Å². The third-order valence-electron chi connectivity index (χ3n) is 3.22. The fraction of sp³-hybridized carbons (Fsp3) is 0.333. The lowest BCUT2D eigenvalue weighted by Gasteiger charge is -2.10. The first-order valence-electron chi connectivity index (χ1n) is 6.24. The normalized spacial score (nSPS) is 10.8. The third kappa shape index (κ3) is 2.82. The fourth-order valence-corrected chi connectivity index (χ4v) is 2.50. The van der Waals surface area contributed by atoms with Crippen LogP contribution in [-0.4, -0.2) is 9.97 Å². The van der Waals surface area contributed by atoms with Crippen molar-refractivity contribution in [1.29, 1.82) is 0 Å². The smallest absolute Gasteiger partial charge is 0.161 e. The standard InChI is InChI=1S/C15H16BrClN2/c1-5-12-10(4)14(17)19-15(18-12)11-6-8(2)13(16)9(3)7-11/h6-7H,5H2,1-4H3. The first-order chi connectivity index (χ1) is 8.93. The van der Waals surface area contributed by atoms with Gasteiger partial charge in [-0.2, -0.15) is 0 Å². The molecule has 4 heteroatoms. The van der Waals surface area contributed by atoms with E-state index in [4.69, 9.17) is 11.6 Å². The highest BCUT2D eigenvalue weighted by atomic mass is 79.9. The summed E-state index contributed by atoms with van der Waals surface area (Å²) in [6.45, 7) is 8.17. The van der Waals surface area contributed by atoms with Crippen molar-refractivity contribution in [3.05, 3.63) is 44.1 Å². The van der Waals surface area contributed by atoms with Gasteiger partial charge in [0.1, 0.15) is 5.15 Å². The molecule has 0 bridgehead atoms. The van der Waals surface area contributed by atoms with Crippen LogP contribution in [0.1, 0.15) is 29.3 Å². The lowest BCUT2D eigenvalue weighted by molar-refractivity contribution is 0.976. The second-order valence-electron chi connectivity index (χ2n) is 4.69. The van der Waals surface area contributed by atoms with Crippen molar-refractivity contribution >= 4 is 27.5 Å². The Balaban J connectivity index is 2.62. The van der Waals surface area contributed by atoms with Crippen LogP contribution in [0.4, 0.5) is 0 Å². The van der Waals surface area contributed by atoms with Crippen LogP contribution >= 0.6 is 27.5 Å². The number of hydrogen-bond acceptors (Lipinski definition) is 2. The molecule has 1 aromatic heterocycles. The molecule has 2 rings (SSSR count). The Kier molecular flexibility index (Phi) is 4.26. The molecule has 19 heavy (non-hydrogen) atoms. The van der Waals surface area contributed by atoms with Crippen molar-refractivity contribution in [2.45, 2.75) is 34.1 Å². The monoisotopic (exact) mass is 338 g/mol. The molecule has 1 heterocycles.